The van der Waals surface area contributed by atoms with Gasteiger partial charge in [-0.3, -0.25) is 97.4 Å². The molecule has 146 heavy (non-hydrogen) atoms. The number of piperidine rings is 2. The molecule has 0 aromatic carbocycles. The van der Waals surface area contributed by atoms with Crippen LogP contribution in [0.4, 0.5) is 26.3 Å². The molecular formula is C93H103F6N37O10. The molecule has 53 heteroatoms. The van der Waals surface area contributed by atoms with Gasteiger partial charge < -0.3 is 24.5 Å². The molecular weight excluding hydrogens is 1910 g/mol. The monoisotopic (exact) mass is 2010 g/mol. The van der Waals surface area contributed by atoms with E-state index < -0.39 is 29.9 Å². The van der Waals surface area contributed by atoms with Gasteiger partial charge in [0.15, 0.2) is 11.4 Å². The van der Waals surface area contributed by atoms with Gasteiger partial charge in [0.2, 0.25) is 17.8 Å². The van der Waals surface area contributed by atoms with Crippen molar-refractivity contribution in [1.29, 1.82) is 0 Å². The third kappa shape index (κ3) is 17.2. The molecule has 5 N–H and O–H groups in total. The summed E-state index contributed by atoms with van der Waals surface area (Å²) in [4.78, 5) is 159. The second-order valence-corrected chi connectivity index (χ2v) is 39.5. The number of nitrogens with zero attached hydrogens (tertiary/aromatic N) is 32. The Morgan fingerprint density at radius 3 is 0.863 bits per heavy atom. The van der Waals surface area contributed by atoms with Gasteiger partial charge >= 0.3 is 0 Å². The van der Waals surface area contributed by atoms with E-state index in [0.29, 0.717) is 200 Å². The number of carbonyl (C=O) groups is 5. The smallest absolute Gasteiger partial charge is 0.276 e. The van der Waals surface area contributed by atoms with Crippen LogP contribution in [0.1, 0.15) is 158 Å². The minimum absolute atomic E-state index is 0.0123. The highest BCUT2D eigenvalue weighted by atomic mass is 19.3. The van der Waals surface area contributed by atoms with Gasteiger partial charge in [0.1, 0.15) is 27.6 Å². The molecule has 15 aromatic heterocycles. The van der Waals surface area contributed by atoms with Crippen molar-refractivity contribution >= 4 is 57.1 Å². The Labute approximate surface area is 821 Å². The van der Waals surface area contributed by atoms with E-state index >= 15 is 0 Å². The first-order valence-electron chi connectivity index (χ1n) is 49.0. The zero-order valence-corrected chi connectivity index (χ0v) is 80.0. The molecule has 9 aliphatic heterocycles. The van der Waals surface area contributed by atoms with Gasteiger partial charge in [0.25, 0.3) is 87.0 Å². The lowest BCUT2D eigenvalue weighted by molar-refractivity contribution is -0.154. The lowest BCUT2D eigenvalue weighted by Gasteiger charge is -2.56. The SMILES string of the molecule is Cc1c(C(=O)N2CC3CC(C2)N3C2CC2)cnn1-c1nn2cccc2c(=O)[nH]1.Cc1c(C(=O)N2CC3CC(C2)N3C2CC2)cnn1-c1nn2cccc2c(=O)[nH]1.Cc1c(C(=O)N2CCN(C3CC(F)(F)C3)CC2)cnn1-c1nn2cccc2c(=O)[nH]1.Cc1c(C(=O)N2CCN(C3CCC3(F)F)CC2)nnn1-c1nn2cccc2c(=O)[nH]1.Cc1c(C(=O)N2CCN(C3CCC3(F)F)CC2)nnn1-c1nn2cccc2c(=O)[nH]1. The third-order valence-corrected chi connectivity index (χ3v) is 30.6. The summed E-state index contributed by atoms with van der Waals surface area (Å²) in [6.07, 6.45) is 21.3. The molecule has 6 atom stereocenters. The number of piperazine rings is 5. The van der Waals surface area contributed by atoms with Gasteiger partial charge in [0.05, 0.1) is 75.8 Å². The van der Waals surface area contributed by atoms with Crippen molar-refractivity contribution in [3.05, 3.63) is 219 Å². The fourth-order valence-corrected chi connectivity index (χ4v) is 22.0. The van der Waals surface area contributed by atoms with Gasteiger partial charge in [-0.25, -0.2) is 63.0 Å². The Balaban J connectivity index is 0.000000101. The zero-order valence-electron chi connectivity index (χ0n) is 80.0. The van der Waals surface area contributed by atoms with Gasteiger partial charge in [-0.1, -0.05) is 10.4 Å². The van der Waals surface area contributed by atoms with Gasteiger partial charge in [-0.2, -0.15) is 24.7 Å². The number of fused-ring (bicyclic) bond motifs is 9. The van der Waals surface area contributed by atoms with Crippen LogP contribution in [0.25, 0.3) is 57.3 Å². The number of aromatic amines is 5. The van der Waals surface area contributed by atoms with E-state index in [1.165, 1.54) is 90.7 Å². The van der Waals surface area contributed by atoms with Crippen molar-refractivity contribution in [2.45, 2.75) is 184 Å². The van der Waals surface area contributed by atoms with Gasteiger partial charge in [-0.05, 0) is 147 Å². The summed E-state index contributed by atoms with van der Waals surface area (Å²) in [6, 6.07) is 19.0. The summed E-state index contributed by atoms with van der Waals surface area (Å²) in [5.41, 5.74) is 5.32. The van der Waals surface area contributed by atoms with Crippen molar-refractivity contribution < 1.29 is 50.3 Å². The largest absolute Gasteiger partial charge is 0.336 e. The maximum absolute atomic E-state index is 13.7. The molecule has 9 saturated heterocycles. The summed E-state index contributed by atoms with van der Waals surface area (Å²) in [5, 5.41) is 50.6. The van der Waals surface area contributed by atoms with Crippen molar-refractivity contribution in [1.82, 2.24) is 181 Å². The van der Waals surface area contributed by atoms with Crippen LogP contribution in [0, 0.1) is 34.6 Å². The van der Waals surface area contributed by atoms with Crippen LogP contribution in [0.3, 0.4) is 0 Å². The first-order valence-corrected chi connectivity index (χ1v) is 49.0. The molecule has 6 unspecified atom stereocenters. The van der Waals surface area contributed by atoms with E-state index in [1.54, 1.807) is 149 Å². The summed E-state index contributed by atoms with van der Waals surface area (Å²) in [6.45, 7) is 17.0. The topological polar surface area (TPSA) is 483 Å². The van der Waals surface area contributed by atoms with Crippen molar-refractivity contribution in [2.75, 3.05) is 105 Å². The molecule has 0 radical (unpaired) electrons. The minimum atomic E-state index is -2.63. The second kappa shape index (κ2) is 36.5. The summed E-state index contributed by atoms with van der Waals surface area (Å²) in [7, 11) is 0. The molecule has 762 valence electrons. The molecule has 47 nitrogen and oxygen atoms in total. The average Bonchev–Trinajstić information content (AvgIpc) is 1.58. The van der Waals surface area contributed by atoms with Crippen LogP contribution in [0.2, 0.25) is 0 Å². The van der Waals surface area contributed by atoms with Crippen LogP contribution in [-0.4, -0.2) is 388 Å². The van der Waals surface area contributed by atoms with Crippen LogP contribution in [0.5, 0.6) is 0 Å². The summed E-state index contributed by atoms with van der Waals surface area (Å²) >= 11 is 0. The molecule has 0 spiro atoms. The van der Waals surface area contributed by atoms with Crippen molar-refractivity contribution in [3.8, 4) is 29.7 Å². The Morgan fingerprint density at radius 1 is 0.322 bits per heavy atom. The fourth-order valence-electron chi connectivity index (χ4n) is 22.0. The third-order valence-electron chi connectivity index (χ3n) is 30.6. The highest BCUT2D eigenvalue weighted by molar-refractivity contribution is 5.97. The molecule has 5 saturated carbocycles. The number of rotatable bonds is 15. The zero-order chi connectivity index (χ0) is 101. The average molecular weight is 2010 g/mol. The van der Waals surface area contributed by atoms with Crippen LogP contribution < -0.4 is 27.8 Å². The van der Waals surface area contributed by atoms with E-state index in [9.17, 15) is 74.3 Å². The van der Waals surface area contributed by atoms with Crippen LogP contribution in [-0.2, 0) is 0 Å². The molecule has 5 amide bonds. The number of amides is 5. The number of alkyl halides is 6. The Kier molecular flexibility index (Phi) is 23.6. The molecule has 15 aromatic rings. The standard InChI is InChI=1S/C19H21F2N7O2.2C19H21N7O2.2C18H20F2N8O2/c1-12-14(11-22-28(12)18-23-16(29)15-3-2-4-27(15)24-18)17(30)26-7-5-25(6-8-26)13-9-19(20,21)10-13;2*1-11-15(18(28)23-9-13-7-14(10-23)25(13)12-4-5-12)8-20-26(11)19-21-17(27)16-3-2-6-24(16)22-19;2*1-11-14(16(30)26-9-7-25(8-10-26)13-4-5-18(13,19)20)22-24-28(11)17-21-15(29)12-3-2-6-27(12)23-17/h2-4,11,13H,5-10H2,1H3,(H,23,24,29);2*2-3,6,8,12-14H,4-5,7,9-10H2,1H3,(H,21,22,27);2*2-3,6,13H,4-5,7-10H2,1H3,(H,21,23,29). The predicted octanol–water partition coefficient (Wildman–Crippen LogP) is 3.16. The fraction of sp³-hybridized carbons (Fsp3) is 0.484. The summed E-state index contributed by atoms with van der Waals surface area (Å²) < 4.78 is 95.3. The van der Waals surface area contributed by atoms with Gasteiger partial charge in [0, 0.05) is 204 Å². The van der Waals surface area contributed by atoms with E-state index in [1.807, 2.05) is 28.5 Å². The maximum Gasteiger partial charge on any atom is 0.276 e. The van der Waals surface area contributed by atoms with Crippen molar-refractivity contribution in [3.63, 3.8) is 0 Å². The van der Waals surface area contributed by atoms with Crippen LogP contribution >= 0.6 is 0 Å². The first-order chi connectivity index (χ1) is 70.2. The molecule has 4 bridgehead atoms. The molecule has 14 fully saturated rings. The number of carbonyl (C=O) groups excluding carboxylic acids is 5. The molecule has 5 aliphatic carbocycles. The Hall–Kier alpha value is -15.3. The molecule has 14 aliphatic rings. The van der Waals surface area contributed by atoms with Gasteiger partial charge in [-0.15, -0.1) is 35.7 Å². The minimum Gasteiger partial charge on any atom is -0.336 e. The van der Waals surface area contributed by atoms with E-state index in [2.05, 4.69) is 96.1 Å². The first kappa shape index (κ1) is 94.3. The Bertz CT molecular complexity index is 7570. The number of hydrogen-bond donors (Lipinski definition) is 5. The van der Waals surface area contributed by atoms with E-state index in [4.69, 9.17) is 0 Å². The second-order valence-electron chi connectivity index (χ2n) is 39.5. The van der Waals surface area contributed by atoms with Crippen LogP contribution in [0.15, 0.2) is 134 Å². The van der Waals surface area contributed by atoms with E-state index in [0.717, 1.165) is 38.3 Å². The number of H-pyrrole nitrogens is 5. The lowest BCUT2D eigenvalue weighted by atomic mass is 9.86. The molecule has 29 rings (SSSR count). The highest BCUT2D eigenvalue weighted by Gasteiger charge is 2.56. The normalized spacial score (nSPS) is 22.4. The number of nitrogens with one attached hydrogen (secondary N) is 5. The number of hydrogen-bond acceptors (Lipinski definition) is 27. The maximum atomic E-state index is 13.7. The highest BCUT2D eigenvalue weighted by Crippen LogP contribution is 2.47. The quantitative estimate of drug-likeness (QED) is 0.0920. The summed E-state index contributed by atoms with van der Waals surface area (Å²) in [5.74, 6) is -7.47. The van der Waals surface area contributed by atoms with E-state index in [-0.39, 0.29) is 118 Å². The Morgan fingerprint density at radius 2 is 0.596 bits per heavy atom. The van der Waals surface area contributed by atoms with Crippen molar-refractivity contribution in [2.24, 2.45) is 0 Å². The molecule has 24 heterocycles. The lowest BCUT2D eigenvalue weighted by Crippen LogP contribution is -2.69. The predicted molar refractivity (Wildman–Crippen MR) is 506 cm³/mol. The number of aromatic nitrogens is 27. The number of halogens is 6.